The molecule has 2 amide bonds. The topological polar surface area (TPSA) is 87.2 Å². The number of hydrogen-bond donors (Lipinski definition) is 1. The molecule has 0 bridgehead atoms. The summed E-state index contributed by atoms with van der Waals surface area (Å²) in [6, 6.07) is 9.66. The molecule has 3 rings (SSSR count). The number of aliphatic carboxylic acids is 1. The Hall–Kier alpha value is -2.41. The van der Waals surface area contributed by atoms with Crippen LogP contribution in [-0.4, -0.2) is 65.0 Å². The van der Waals surface area contributed by atoms with Crippen LogP contribution in [0.5, 0.6) is 0 Å². The van der Waals surface area contributed by atoms with E-state index in [0.717, 1.165) is 5.56 Å². The predicted molar refractivity (Wildman–Crippen MR) is 102 cm³/mol. The molecule has 2 fully saturated rings. The molecule has 7 nitrogen and oxygen atoms in total. The van der Waals surface area contributed by atoms with Crippen LogP contribution in [0.15, 0.2) is 30.3 Å². The summed E-state index contributed by atoms with van der Waals surface area (Å²) in [4.78, 5) is 40.3. The van der Waals surface area contributed by atoms with E-state index in [0.29, 0.717) is 32.6 Å². The van der Waals surface area contributed by atoms with Gasteiger partial charge in [-0.05, 0) is 25.3 Å². The van der Waals surface area contributed by atoms with Crippen LogP contribution in [0.25, 0.3) is 0 Å². The summed E-state index contributed by atoms with van der Waals surface area (Å²) in [5.74, 6) is -1.48. The molecule has 2 aliphatic rings. The fourth-order valence-electron chi connectivity index (χ4n) is 4.10. The minimum absolute atomic E-state index is 0.0173. The molecule has 0 aliphatic carbocycles. The van der Waals surface area contributed by atoms with E-state index in [4.69, 9.17) is 9.84 Å². The smallest absolute Gasteiger partial charge is 0.305 e. The molecule has 0 saturated carbocycles. The molecule has 2 heterocycles. The van der Waals surface area contributed by atoms with Crippen molar-refractivity contribution in [1.82, 2.24) is 9.80 Å². The van der Waals surface area contributed by atoms with Gasteiger partial charge in [-0.2, -0.15) is 0 Å². The van der Waals surface area contributed by atoms with Gasteiger partial charge in [0.05, 0.1) is 18.4 Å². The number of rotatable bonds is 7. The maximum Gasteiger partial charge on any atom is 0.305 e. The van der Waals surface area contributed by atoms with Gasteiger partial charge in [0.25, 0.3) is 0 Å². The Labute approximate surface area is 165 Å². The number of nitrogens with zero attached hydrogens (tertiary/aromatic N) is 2. The van der Waals surface area contributed by atoms with E-state index in [1.807, 2.05) is 37.3 Å². The van der Waals surface area contributed by atoms with Crippen LogP contribution in [0.1, 0.15) is 44.2 Å². The summed E-state index contributed by atoms with van der Waals surface area (Å²) < 4.78 is 5.38. The maximum atomic E-state index is 13.2. The first-order valence-electron chi connectivity index (χ1n) is 9.91. The number of benzene rings is 1. The zero-order valence-corrected chi connectivity index (χ0v) is 16.3. The second kappa shape index (κ2) is 9.19. The number of amides is 2. The van der Waals surface area contributed by atoms with E-state index in [2.05, 4.69) is 0 Å². The highest BCUT2D eigenvalue weighted by Crippen LogP contribution is 2.30. The van der Waals surface area contributed by atoms with Crippen molar-refractivity contribution in [2.45, 2.75) is 44.7 Å². The highest BCUT2D eigenvalue weighted by molar-refractivity contribution is 5.89. The van der Waals surface area contributed by atoms with Crippen LogP contribution < -0.4 is 0 Å². The van der Waals surface area contributed by atoms with Crippen LogP contribution in [0.3, 0.4) is 0 Å². The Kier molecular flexibility index (Phi) is 6.67. The van der Waals surface area contributed by atoms with Gasteiger partial charge < -0.3 is 19.6 Å². The van der Waals surface area contributed by atoms with E-state index in [-0.39, 0.29) is 43.3 Å². The summed E-state index contributed by atoms with van der Waals surface area (Å²) >= 11 is 0. The first-order chi connectivity index (χ1) is 13.5. The molecule has 28 heavy (non-hydrogen) atoms. The number of likely N-dealkylation sites (tertiary alicyclic amines) is 1. The molecule has 1 aromatic rings. The third-order valence-electron chi connectivity index (χ3n) is 5.74. The maximum absolute atomic E-state index is 13.2. The van der Waals surface area contributed by atoms with E-state index in [1.54, 1.807) is 9.80 Å². The standard InChI is InChI=1S/C21H28N2O5/c1-15(16-5-3-2-4-6-16)23-14-17(13-19(23)24)21(27)22(10-7-20(25)26)18-8-11-28-12-9-18/h2-6,15,17-18H,7-14H2,1H3,(H,25,26)/t15-,17-/m0/s1. The average Bonchev–Trinajstić information content (AvgIpc) is 3.10. The molecule has 0 unspecified atom stereocenters. The zero-order chi connectivity index (χ0) is 20.1. The van der Waals surface area contributed by atoms with Gasteiger partial charge in [0, 0.05) is 38.8 Å². The number of ether oxygens (including phenoxy) is 1. The van der Waals surface area contributed by atoms with Gasteiger partial charge in [-0.3, -0.25) is 14.4 Å². The fraction of sp³-hybridized carbons (Fsp3) is 0.571. The van der Waals surface area contributed by atoms with Gasteiger partial charge in [0.1, 0.15) is 0 Å². The molecule has 2 atom stereocenters. The van der Waals surface area contributed by atoms with Crippen LogP contribution >= 0.6 is 0 Å². The molecule has 1 aromatic carbocycles. The lowest BCUT2D eigenvalue weighted by molar-refractivity contribution is -0.142. The second-order valence-corrected chi connectivity index (χ2v) is 7.55. The number of carbonyl (C=O) groups is 3. The van der Waals surface area contributed by atoms with Crippen molar-refractivity contribution in [3.05, 3.63) is 35.9 Å². The minimum atomic E-state index is -0.924. The summed E-state index contributed by atoms with van der Waals surface area (Å²) in [5, 5.41) is 9.07. The Balaban J connectivity index is 1.70. The highest BCUT2D eigenvalue weighted by Gasteiger charge is 2.40. The molecule has 7 heteroatoms. The molecule has 152 valence electrons. The number of hydrogen-bond acceptors (Lipinski definition) is 4. The number of carboxylic acids is 1. The van der Waals surface area contributed by atoms with E-state index < -0.39 is 11.9 Å². The van der Waals surface area contributed by atoms with Gasteiger partial charge in [-0.1, -0.05) is 30.3 Å². The predicted octanol–water partition coefficient (Wildman–Crippen LogP) is 2.08. The average molecular weight is 388 g/mol. The molecule has 0 spiro atoms. The Morgan fingerprint density at radius 3 is 2.57 bits per heavy atom. The van der Waals surface area contributed by atoms with Gasteiger partial charge in [0.15, 0.2) is 0 Å². The molecular formula is C21H28N2O5. The molecular weight excluding hydrogens is 360 g/mol. The van der Waals surface area contributed by atoms with Crippen molar-refractivity contribution >= 4 is 17.8 Å². The van der Waals surface area contributed by atoms with Crippen molar-refractivity contribution in [3.63, 3.8) is 0 Å². The Bertz CT molecular complexity index is 702. The van der Waals surface area contributed by atoms with Crippen molar-refractivity contribution in [3.8, 4) is 0 Å². The molecule has 0 aromatic heterocycles. The van der Waals surface area contributed by atoms with E-state index in [9.17, 15) is 14.4 Å². The Morgan fingerprint density at radius 2 is 1.93 bits per heavy atom. The number of carboxylic acid groups (broad SMARTS) is 1. The van der Waals surface area contributed by atoms with Gasteiger partial charge in [-0.25, -0.2) is 0 Å². The van der Waals surface area contributed by atoms with Crippen molar-refractivity contribution in [2.75, 3.05) is 26.3 Å². The summed E-state index contributed by atoms with van der Waals surface area (Å²) in [6.07, 6.45) is 1.50. The number of carbonyl (C=O) groups excluding carboxylic acids is 2. The summed E-state index contributed by atoms with van der Waals surface area (Å²) in [7, 11) is 0. The first-order valence-corrected chi connectivity index (χ1v) is 9.91. The third-order valence-corrected chi connectivity index (χ3v) is 5.74. The Morgan fingerprint density at radius 1 is 1.25 bits per heavy atom. The van der Waals surface area contributed by atoms with Gasteiger partial charge >= 0.3 is 5.97 Å². The second-order valence-electron chi connectivity index (χ2n) is 7.55. The lowest BCUT2D eigenvalue weighted by Gasteiger charge is -2.35. The summed E-state index contributed by atoms with van der Waals surface area (Å²) in [6.45, 7) is 3.67. The minimum Gasteiger partial charge on any atom is -0.481 e. The highest BCUT2D eigenvalue weighted by atomic mass is 16.5. The van der Waals surface area contributed by atoms with Crippen molar-refractivity contribution < 1.29 is 24.2 Å². The molecule has 0 radical (unpaired) electrons. The third kappa shape index (κ3) is 4.70. The van der Waals surface area contributed by atoms with Gasteiger partial charge in [-0.15, -0.1) is 0 Å². The van der Waals surface area contributed by atoms with Crippen LogP contribution in [0.4, 0.5) is 0 Å². The molecule has 2 aliphatic heterocycles. The lowest BCUT2D eigenvalue weighted by atomic mass is 10.0. The molecule has 1 N–H and O–H groups in total. The lowest BCUT2D eigenvalue weighted by Crippen LogP contribution is -2.47. The summed E-state index contributed by atoms with van der Waals surface area (Å²) in [5.41, 5.74) is 1.04. The largest absolute Gasteiger partial charge is 0.481 e. The SMILES string of the molecule is C[C@@H](c1ccccc1)N1C[C@@H](C(=O)N(CCC(=O)O)C2CCOCC2)CC1=O. The van der Waals surface area contributed by atoms with Gasteiger partial charge in [0.2, 0.25) is 11.8 Å². The van der Waals surface area contributed by atoms with E-state index >= 15 is 0 Å². The molecule has 2 saturated heterocycles. The van der Waals surface area contributed by atoms with Crippen molar-refractivity contribution in [2.24, 2.45) is 5.92 Å². The van der Waals surface area contributed by atoms with Crippen LogP contribution in [0.2, 0.25) is 0 Å². The van der Waals surface area contributed by atoms with Crippen LogP contribution in [0, 0.1) is 5.92 Å². The van der Waals surface area contributed by atoms with Crippen LogP contribution in [-0.2, 0) is 19.1 Å². The zero-order valence-electron chi connectivity index (χ0n) is 16.3. The van der Waals surface area contributed by atoms with Crippen molar-refractivity contribution in [1.29, 1.82) is 0 Å². The quantitative estimate of drug-likeness (QED) is 0.773. The fourth-order valence-corrected chi connectivity index (χ4v) is 4.10. The first kappa shape index (κ1) is 20.3. The monoisotopic (exact) mass is 388 g/mol. The van der Waals surface area contributed by atoms with E-state index in [1.165, 1.54) is 0 Å². The normalized spacial score (nSPS) is 21.5.